The van der Waals surface area contributed by atoms with Crippen molar-refractivity contribution in [3.05, 3.63) is 94.1 Å². The van der Waals surface area contributed by atoms with E-state index in [1.165, 1.54) is 24.1 Å². The van der Waals surface area contributed by atoms with Crippen LogP contribution in [0.25, 0.3) is 5.76 Å². The fourth-order valence-electron chi connectivity index (χ4n) is 4.43. The lowest BCUT2D eigenvalue weighted by Gasteiger charge is -2.26. The topological polar surface area (TPSA) is 87.1 Å². The summed E-state index contributed by atoms with van der Waals surface area (Å²) in [6.07, 6.45) is 0. The molecule has 1 unspecified atom stereocenters. The number of aromatic hydroxyl groups is 1. The lowest BCUT2D eigenvalue weighted by molar-refractivity contribution is -0.132. The van der Waals surface area contributed by atoms with E-state index in [0.717, 1.165) is 16.7 Å². The Kier molecular flexibility index (Phi) is 5.68. The van der Waals surface area contributed by atoms with E-state index in [1.807, 2.05) is 32.9 Å². The van der Waals surface area contributed by atoms with E-state index in [1.54, 1.807) is 36.4 Å². The molecule has 6 nitrogen and oxygen atoms in total. The van der Waals surface area contributed by atoms with Crippen molar-refractivity contribution < 1.29 is 24.5 Å². The van der Waals surface area contributed by atoms with Gasteiger partial charge in [-0.1, -0.05) is 30.3 Å². The Morgan fingerprint density at radius 3 is 2.33 bits per heavy atom. The van der Waals surface area contributed by atoms with E-state index >= 15 is 0 Å². The van der Waals surface area contributed by atoms with Gasteiger partial charge < -0.3 is 14.9 Å². The summed E-state index contributed by atoms with van der Waals surface area (Å²) in [5.41, 5.74) is 3.88. The number of phenolic OH excluding ortho intramolecular Hbond substituents is 1. The van der Waals surface area contributed by atoms with Crippen LogP contribution in [0.5, 0.6) is 11.5 Å². The number of nitrogens with zero attached hydrogens (tertiary/aromatic N) is 1. The highest BCUT2D eigenvalue weighted by Crippen LogP contribution is 2.44. The Bertz CT molecular complexity index is 1310. The molecule has 1 amide bonds. The summed E-state index contributed by atoms with van der Waals surface area (Å²) in [4.78, 5) is 27.9. The molecule has 0 aromatic heterocycles. The summed E-state index contributed by atoms with van der Waals surface area (Å²) in [5.74, 6) is -1.45. The second kappa shape index (κ2) is 8.47. The minimum absolute atomic E-state index is 0.00805. The van der Waals surface area contributed by atoms with E-state index < -0.39 is 17.7 Å². The number of carbonyl (C=O) groups is 2. The molecule has 0 spiro atoms. The monoisotopic (exact) mass is 443 g/mol. The summed E-state index contributed by atoms with van der Waals surface area (Å²) in [6, 6.07) is 16.3. The third kappa shape index (κ3) is 3.84. The number of amides is 1. The molecule has 1 heterocycles. The number of hydrogen-bond acceptors (Lipinski definition) is 5. The Hall–Kier alpha value is -4.06. The van der Waals surface area contributed by atoms with Crippen molar-refractivity contribution in [2.45, 2.75) is 26.8 Å². The molecule has 4 rings (SSSR count). The van der Waals surface area contributed by atoms with Gasteiger partial charge in [-0.2, -0.15) is 0 Å². The number of anilines is 1. The van der Waals surface area contributed by atoms with E-state index in [0.29, 0.717) is 22.6 Å². The van der Waals surface area contributed by atoms with Gasteiger partial charge in [-0.05, 0) is 73.4 Å². The Morgan fingerprint density at radius 1 is 0.939 bits per heavy atom. The molecule has 1 saturated heterocycles. The van der Waals surface area contributed by atoms with Crippen molar-refractivity contribution in [3.8, 4) is 11.5 Å². The number of ether oxygens (including phenoxy) is 1. The van der Waals surface area contributed by atoms with Crippen LogP contribution in [0, 0.1) is 20.8 Å². The molecule has 0 radical (unpaired) electrons. The van der Waals surface area contributed by atoms with Crippen molar-refractivity contribution >= 4 is 23.1 Å². The number of Topliss-reactive ketones (excluding diaryl/α,β-unsaturated/α-hetero) is 1. The van der Waals surface area contributed by atoms with Crippen molar-refractivity contribution in [2.75, 3.05) is 12.0 Å². The first kappa shape index (κ1) is 22.1. The van der Waals surface area contributed by atoms with E-state index in [9.17, 15) is 19.8 Å². The number of rotatable bonds is 4. The maximum atomic E-state index is 13.3. The summed E-state index contributed by atoms with van der Waals surface area (Å²) in [7, 11) is 1.49. The number of aliphatic hydroxyl groups is 1. The van der Waals surface area contributed by atoms with E-state index in [2.05, 4.69) is 0 Å². The van der Waals surface area contributed by atoms with Crippen molar-refractivity contribution in [2.24, 2.45) is 0 Å². The quantitative estimate of drug-likeness (QED) is 0.338. The molecule has 6 heteroatoms. The predicted octanol–water partition coefficient (Wildman–Crippen LogP) is 4.95. The molecule has 3 aromatic carbocycles. The first-order chi connectivity index (χ1) is 15.7. The van der Waals surface area contributed by atoms with E-state index in [-0.39, 0.29) is 17.1 Å². The summed E-state index contributed by atoms with van der Waals surface area (Å²) in [5, 5.41) is 21.5. The smallest absolute Gasteiger partial charge is 0.300 e. The fraction of sp³-hybridized carbons (Fsp3) is 0.185. The normalized spacial score (nSPS) is 17.5. The zero-order valence-electron chi connectivity index (χ0n) is 18.9. The molecule has 1 fully saturated rings. The van der Waals surface area contributed by atoms with Gasteiger partial charge in [-0.3, -0.25) is 14.5 Å². The maximum absolute atomic E-state index is 13.3. The highest BCUT2D eigenvalue weighted by molar-refractivity contribution is 6.51. The minimum Gasteiger partial charge on any atom is -0.508 e. The summed E-state index contributed by atoms with van der Waals surface area (Å²) in [6.45, 7) is 5.62. The largest absolute Gasteiger partial charge is 0.508 e. The lowest BCUT2D eigenvalue weighted by Crippen LogP contribution is -2.29. The van der Waals surface area contributed by atoms with Crippen LogP contribution in [-0.4, -0.2) is 29.0 Å². The Morgan fingerprint density at radius 2 is 1.67 bits per heavy atom. The summed E-state index contributed by atoms with van der Waals surface area (Å²) < 4.78 is 5.52. The van der Waals surface area contributed by atoms with Crippen LogP contribution >= 0.6 is 0 Å². The molecule has 2 N–H and O–H groups in total. The SMILES string of the molecule is COc1c(C)cc(C)cc1/C(O)=C1\C(=O)C(=O)N(c2cccc(C)c2)C1c1cccc(O)c1. The molecule has 1 aliphatic heterocycles. The molecular weight excluding hydrogens is 418 g/mol. The minimum atomic E-state index is -0.926. The third-order valence-corrected chi connectivity index (χ3v) is 5.79. The van der Waals surface area contributed by atoms with Crippen LogP contribution in [0.1, 0.15) is 33.9 Å². The number of aliphatic hydroxyl groups excluding tert-OH is 1. The van der Waals surface area contributed by atoms with Gasteiger partial charge in [0.1, 0.15) is 17.3 Å². The Balaban J connectivity index is 2.02. The van der Waals surface area contributed by atoms with Crippen LogP contribution in [0.4, 0.5) is 5.69 Å². The van der Waals surface area contributed by atoms with Gasteiger partial charge in [0.15, 0.2) is 0 Å². The number of carbonyl (C=O) groups excluding carboxylic acids is 2. The zero-order chi connectivity index (χ0) is 23.9. The first-order valence-corrected chi connectivity index (χ1v) is 10.5. The summed E-state index contributed by atoms with van der Waals surface area (Å²) >= 11 is 0. The second-order valence-corrected chi connectivity index (χ2v) is 8.27. The van der Waals surface area contributed by atoms with Gasteiger partial charge >= 0.3 is 0 Å². The Labute approximate surface area is 192 Å². The molecule has 168 valence electrons. The molecule has 0 saturated carbocycles. The van der Waals surface area contributed by atoms with Gasteiger partial charge in [0.2, 0.25) is 0 Å². The number of hydrogen-bond donors (Lipinski definition) is 2. The number of benzene rings is 3. The number of methoxy groups -OCH3 is 1. The van der Waals surface area contributed by atoms with Crippen LogP contribution in [0.3, 0.4) is 0 Å². The third-order valence-electron chi connectivity index (χ3n) is 5.79. The maximum Gasteiger partial charge on any atom is 0.300 e. The highest BCUT2D eigenvalue weighted by Gasteiger charge is 2.47. The van der Waals surface area contributed by atoms with Crippen LogP contribution in [-0.2, 0) is 9.59 Å². The zero-order valence-corrected chi connectivity index (χ0v) is 18.9. The molecule has 0 aliphatic carbocycles. The number of phenols is 1. The van der Waals surface area contributed by atoms with Crippen molar-refractivity contribution in [1.29, 1.82) is 0 Å². The van der Waals surface area contributed by atoms with Crippen LogP contribution in [0.15, 0.2) is 66.2 Å². The predicted molar refractivity (Wildman–Crippen MR) is 127 cm³/mol. The molecule has 1 aliphatic rings. The van der Waals surface area contributed by atoms with Crippen molar-refractivity contribution in [3.63, 3.8) is 0 Å². The van der Waals surface area contributed by atoms with Gasteiger partial charge in [-0.15, -0.1) is 0 Å². The van der Waals surface area contributed by atoms with Crippen LogP contribution in [0.2, 0.25) is 0 Å². The second-order valence-electron chi connectivity index (χ2n) is 8.27. The van der Waals surface area contributed by atoms with Gasteiger partial charge in [0.05, 0.1) is 24.3 Å². The average Bonchev–Trinajstić information content (AvgIpc) is 3.03. The number of aryl methyl sites for hydroxylation is 3. The molecule has 33 heavy (non-hydrogen) atoms. The van der Waals surface area contributed by atoms with Gasteiger partial charge in [0, 0.05) is 5.69 Å². The van der Waals surface area contributed by atoms with E-state index in [4.69, 9.17) is 4.74 Å². The fourth-order valence-corrected chi connectivity index (χ4v) is 4.43. The highest BCUT2D eigenvalue weighted by atomic mass is 16.5. The van der Waals surface area contributed by atoms with Gasteiger partial charge in [-0.25, -0.2) is 0 Å². The molecule has 1 atom stereocenters. The number of ketones is 1. The molecule has 0 bridgehead atoms. The molecule has 3 aromatic rings. The first-order valence-electron chi connectivity index (χ1n) is 10.5. The average molecular weight is 443 g/mol. The van der Waals surface area contributed by atoms with Crippen LogP contribution < -0.4 is 9.64 Å². The van der Waals surface area contributed by atoms with Gasteiger partial charge in [0.25, 0.3) is 11.7 Å². The lowest BCUT2D eigenvalue weighted by atomic mass is 9.93. The molecular formula is C27H25NO5. The van der Waals surface area contributed by atoms with Crippen molar-refractivity contribution in [1.82, 2.24) is 0 Å². The standard InChI is InChI=1S/C27H25NO5/c1-15-7-5-9-19(12-15)28-23(18-8-6-10-20(29)14-18)22(25(31)27(28)32)24(30)21-13-16(2)11-17(3)26(21)33-4/h5-14,23,29-30H,1-4H3/b24-22+.